The average molecular weight is 399 g/mol. The highest BCUT2D eigenvalue weighted by Gasteiger charge is 2.11. The zero-order valence-electron chi connectivity index (χ0n) is 16.7. The summed E-state index contributed by atoms with van der Waals surface area (Å²) >= 11 is 0. The van der Waals surface area contributed by atoms with E-state index in [9.17, 15) is 14.4 Å². The molecule has 8 heteroatoms. The number of hydrogen-bond acceptors (Lipinski definition) is 6. The maximum Gasteiger partial charge on any atom is 0.337 e. The van der Waals surface area contributed by atoms with E-state index >= 15 is 0 Å². The predicted molar refractivity (Wildman–Crippen MR) is 109 cm³/mol. The molecule has 8 nitrogen and oxygen atoms in total. The maximum atomic E-state index is 12.1. The highest BCUT2D eigenvalue weighted by Crippen LogP contribution is 2.16. The van der Waals surface area contributed by atoms with Crippen molar-refractivity contribution in [1.29, 1.82) is 0 Å². The summed E-state index contributed by atoms with van der Waals surface area (Å²) in [6, 6.07) is 13.8. The lowest BCUT2D eigenvalue weighted by Gasteiger charge is -2.16. The Bertz CT molecular complexity index is 852. The molecule has 0 spiro atoms. The van der Waals surface area contributed by atoms with Gasteiger partial charge in [0.25, 0.3) is 0 Å². The van der Waals surface area contributed by atoms with E-state index in [1.807, 2.05) is 0 Å². The first-order chi connectivity index (χ1) is 13.9. The standard InChI is InChI=1S/C21H25N3O5/c1-24(14-20(26)23-17-5-4-6-18(11-17)28-2)13-19(25)22-12-15-7-9-16(10-8-15)21(27)29-3/h4-11H,12-14H2,1-3H3,(H,22,25)(H,23,26). The molecular formula is C21H25N3O5. The van der Waals surface area contributed by atoms with Gasteiger partial charge in [0.15, 0.2) is 0 Å². The van der Waals surface area contributed by atoms with Gasteiger partial charge in [-0.3, -0.25) is 14.5 Å². The van der Waals surface area contributed by atoms with E-state index < -0.39 is 5.97 Å². The molecule has 0 radical (unpaired) electrons. The van der Waals surface area contributed by atoms with Gasteiger partial charge < -0.3 is 20.1 Å². The fourth-order valence-electron chi connectivity index (χ4n) is 2.58. The van der Waals surface area contributed by atoms with Crippen molar-refractivity contribution >= 4 is 23.5 Å². The van der Waals surface area contributed by atoms with E-state index in [0.717, 1.165) is 5.56 Å². The van der Waals surface area contributed by atoms with Gasteiger partial charge in [-0.15, -0.1) is 0 Å². The van der Waals surface area contributed by atoms with Crippen LogP contribution in [-0.4, -0.2) is 57.0 Å². The predicted octanol–water partition coefficient (Wildman–Crippen LogP) is 1.67. The molecule has 29 heavy (non-hydrogen) atoms. The van der Waals surface area contributed by atoms with Gasteiger partial charge in [-0.25, -0.2) is 4.79 Å². The molecule has 2 aromatic rings. The van der Waals surface area contributed by atoms with Crippen LogP contribution in [0.1, 0.15) is 15.9 Å². The van der Waals surface area contributed by atoms with E-state index in [0.29, 0.717) is 23.5 Å². The number of nitrogens with zero attached hydrogens (tertiary/aromatic N) is 1. The van der Waals surface area contributed by atoms with Gasteiger partial charge in [0.05, 0.1) is 32.9 Å². The summed E-state index contributed by atoms with van der Waals surface area (Å²) in [5.74, 6) is -0.199. The number of methoxy groups -OCH3 is 2. The van der Waals surface area contributed by atoms with Crippen LogP contribution in [0.5, 0.6) is 5.75 Å². The van der Waals surface area contributed by atoms with Gasteiger partial charge >= 0.3 is 5.97 Å². The molecule has 2 amide bonds. The zero-order chi connectivity index (χ0) is 21.2. The molecule has 0 bridgehead atoms. The van der Waals surface area contributed by atoms with Gasteiger partial charge in [0, 0.05) is 18.3 Å². The number of ether oxygens (including phenoxy) is 2. The second-order valence-corrected chi connectivity index (χ2v) is 6.42. The minimum absolute atomic E-state index is 0.0679. The molecule has 0 aromatic heterocycles. The van der Waals surface area contributed by atoms with Gasteiger partial charge in [-0.05, 0) is 36.9 Å². The number of rotatable bonds is 9. The van der Waals surface area contributed by atoms with Crippen molar-refractivity contribution in [2.24, 2.45) is 0 Å². The van der Waals surface area contributed by atoms with Crippen LogP contribution in [0.3, 0.4) is 0 Å². The Hall–Kier alpha value is -3.39. The molecule has 0 saturated carbocycles. The van der Waals surface area contributed by atoms with Gasteiger partial charge in [-0.2, -0.15) is 0 Å². The maximum absolute atomic E-state index is 12.1. The van der Waals surface area contributed by atoms with Crippen LogP contribution in [0.2, 0.25) is 0 Å². The zero-order valence-corrected chi connectivity index (χ0v) is 16.7. The number of nitrogens with one attached hydrogen (secondary N) is 2. The summed E-state index contributed by atoms with van der Waals surface area (Å²) < 4.78 is 9.77. The Labute approximate surface area is 169 Å². The third-order valence-corrected chi connectivity index (χ3v) is 4.05. The van der Waals surface area contributed by atoms with Gasteiger partial charge in [0.1, 0.15) is 5.75 Å². The largest absolute Gasteiger partial charge is 0.497 e. The van der Waals surface area contributed by atoms with E-state index in [-0.39, 0.29) is 24.9 Å². The quantitative estimate of drug-likeness (QED) is 0.623. The molecule has 2 N–H and O–H groups in total. The lowest BCUT2D eigenvalue weighted by atomic mass is 10.1. The number of benzene rings is 2. The molecule has 0 aliphatic rings. The van der Waals surface area contributed by atoms with Crippen LogP contribution < -0.4 is 15.4 Å². The van der Waals surface area contributed by atoms with Crippen LogP contribution >= 0.6 is 0 Å². The van der Waals surface area contributed by atoms with Crippen LogP contribution in [-0.2, 0) is 20.9 Å². The van der Waals surface area contributed by atoms with Crippen molar-refractivity contribution in [3.05, 3.63) is 59.7 Å². The molecule has 154 valence electrons. The smallest absolute Gasteiger partial charge is 0.337 e. The molecule has 0 aliphatic heterocycles. The first-order valence-corrected chi connectivity index (χ1v) is 8.97. The lowest BCUT2D eigenvalue weighted by Crippen LogP contribution is -2.38. The number of hydrogen-bond donors (Lipinski definition) is 2. The summed E-state index contributed by atoms with van der Waals surface area (Å²) in [5.41, 5.74) is 1.93. The van der Waals surface area contributed by atoms with Crippen molar-refractivity contribution in [2.75, 3.05) is 39.7 Å². The summed E-state index contributed by atoms with van der Waals surface area (Å²) in [4.78, 5) is 37.3. The SMILES string of the molecule is COC(=O)c1ccc(CNC(=O)CN(C)CC(=O)Nc2cccc(OC)c2)cc1. The molecule has 2 aromatic carbocycles. The number of esters is 1. The number of likely N-dealkylation sites (N-methyl/N-ethyl adjacent to an activating group) is 1. The van der Waals surface area contributed by atoms with Crippen molar-refractivity contribution in [2.45, 2.75) is 6.54 Å². The van der Waals surface area contributed by atoms with Crippen molar-refractivity contribution in [1.82, 2.24) is 10.2 Å². The first kappa shape index (κ1) is 21.9. The van der Waals surface area contributed by atoms with Crippen LogP contribution in [0.15, 0.2) is 48.5 Å². The minimum Gasteiger partial charge on any atom is -0.497 e. The van der Waals surface area contributed by atoms with E-state index in [4.69, 9.17) is 4.74 Å². The van der Waals surface area contributed by atoms with Gasteiger partial charge in [-0.1, -0.05) is 18.2 Å². The van der Waals surface area contributed by atoms with Gasteiger partial charge in [0.2, 0.25) is 11.8 Å². The summed E-state index contributed by atoms with van der Waals surface area (Å²) in [6.07, 6.45) is 0. The molecular weight excluding hydrogens is 374 g/mol. The Kier molecular flexibility index (Phi) is 8.17. The first-order valence-electron chi connectivity index (χ1n) is 8.97. The topological polar surface area (TPSA) is 97.0 Å². The number of anilines is 1. The summed E-state index contributed by atoms with van der Waals surface area (Å²) in [5, 5.41) is 5.55. The van der Waals surface area contributed by atoms with Crippen molar-refractivity contribution in [3.8, 4) is 5.75 Å². The number of amides is 2. The second-order valence-electron chi connectivity index (χ2n) is 6.42. The number of carbonyl (C=O) groups is 3. The Morgan fingerprint density at radius 2 is 1.66 bits per heavy atom. The van der Waals surface area contributed by atoms with Crippen LogP contribution in [0.25, 0.3) is 0 Å². The summed E-state index contributed by atoms with van der Waals surface area (Å²) in [6.45, 7) is 0.467. The molecule has 2 rings (SSSR count). The highest BCUT2D eigenvalue weighted by atomic mass is 16.5. The minimum atomic E-state index is -0.408. The fraction of sp³-hybridized carbons (Fsp3) is 0.286. The van der Waals surface area contributed by atoms with E-state index in [1.165, 1.54) is 7.11 Å². The Balaban J connectivity index is 1.75. The highest BCUT2D eigenvalue weighted by molar-refractivity contribution is 5.92. The van der Waals surface area contributed by atoms with Crippen LogP contribution in [0, 0.1) is 0 Å². The van der Waals surface area contributed by atoms with E-state index in [2.05, 4.69) is 15.4 Å². The lowest BCUT2D eigenvalue weighted by molar-refractivity contribution is -0.123. The molecule has 0 unspecified atom stereocenters. The molecule has 0 fully saturated rings. The monoisotopic (exact) mass is 399 g/mol. The molecule has 0 heterocycles. The normalized spacial score (nSPS) is 10.3. The summed E-state index contributed by atoms with van der Waals surface area (Å²) in [7, 11) is 4.57. The van der Waals surface area contributed by atoms with Crippen molar-refractivity contribution in [3.63, 3.8) is 0 Å². The third-order valence-electron chi connectivity index (χ3n) is 4.05. The van der Waals surface area contributed by atoms with Crippen LogP contribution in [0.4, 0.5) is 5.69 Å². The Morgan fingerprint density at radius 3 is 2.31 bits per heavy atom. The van der Waals surface area contributed by atoms with Crippen molar-refractivity contribution < 1.29 is 23.9 Å². The third kappa shape index (κ3) is 7.27. The number of carbonyl (C=O) groups excluding carboxylic acids is 3. The average Bonchev–Trinajstić information content (AvgIpc) is 2.71. The Morgan fingerprint density at radius 1 is 0.966 bits per heavy atom. The molecule has 0 atom stereocenters. The fourth-order valence-corrected chi connectivity index (χ4v) is 2.58. The second kappa shape index (κ2) is 10.8. The molecule has 0 aliphatic carbocycles. The molecule has 0 saturated heterocycles. The van der Waals surface area contributed by atoms with E-state index in [1.54, 1.807) is 67.6 Å².